The molecule has 0 radical (unpaired) electrons. The normalized spacial score (nSPS) is 14.5. The summed E-state index contributed by atoms with van der Waals surface area (Å²) >= 11 is 3.57. The first-order valence-electron chi connectivity index (χ1n) is 12.5. The molecule has 172 valence electrons. The van der Waals surface area contributed by atoms with Gasteiger partial charge in [0.2, 0.25) is 0 Å². The molecule has 5 rings (SSSR count). The Labute approximate surface area is 213 Å². The molecule has 4 aromatic carbocycles. The van der Waals surface area contributed by atoms with Crippen molar-refractivity contribution >= 4 is 15.9 Å². The molecule has 1 aliphatic rings. The highest BCUT2D eigenvalue weighted by Gasteiger charge is 2.35. The highest BCUT2D eigenvalue weighted by Crippen LogP contribution is 2.49. The zero-order chi connectivity index (χ0) is 23.7. The first-order valence-corrected chi connectivity index (χ1v) is 13.3. The predicted octanol–water partition coefficient (Wildman–Crippen LogP) is 9.47. The Balaban J connectivity index is 1.52. The van der Waals surface area contributed by atoms with Gasteiger partial charge >= 0.3 is 0 Å². The molecule has 1 atom stereocenters. The van der Waals surface area contributed by atoms with E-state index in [1.54, 1.807) is 0 Å². The van der Waals surface area contributed by atoms with Gasteiger partial charge in [-0.05, 0) is 75.9 Å². The Morgan fingerprint density at radius 3 is 2.03 bits per heavy atom. The highest BCUT2D eigenvalue weighted by atomic mass is 79.9. The molecular weight excluding hydrogens is 476 g/mol. The second-order valence-corrected chi connectivity index (χ2v) is 11.1. The van der Waals surface area contributed by atoms with E-state index in [-0.39, 0.29) is 5.41 Å². The van der Waals surface area contributed by atoms with Crippen molar-refractivity contribution in [3.8, 4) is 11.1 Å². The summed E-state index contributed by atoms with van der Waals surface area (Å²) in [5.41, 5.74) is 11.4. The zero-order valence-corrected chi connectivity index (χ0v) is 22.0. The fourth-order valence-electron chi connectivity index (χ4n) is 5.63. The SMILES string of the molecule is CCCc1ccc(C(CCc2ccc(Br)cc2)c2ccc3c(c2)C(C)(C)c2ccccc2-3)cc1. The van der Waals surface area contributed by atoms with Gasteiger partial charge < -0.3 is 0 Å². The first kappa shape index (κ1) is 23.1. The molecule has 1 unspecified atom stereocenters. The third-order valence-electron chi connectivity index (χ3n) is 7.57. The van der Waals surface area contributed by atoms with E-state index in [9.17, 15) is 0 Å². The van der Waals surface area contributed by atoms with Crippen LogP contribution in [0.3, 0.4) is 0 Å². The molecule has 0 bridgehead atoms. The molecule has 0 aliphatic heterocycles. The molecular formula is C33H33Br. The highest BCUT2D eigenvalue weighted by molar-refractivity contribution is 9.10. The number of halogens is 1. The molecule has 0 amide bonds. The van der Waals surface area contributed by atoms with Crippen LogP contribution in [0.15, 0.2) is 95.5 Å². The largest absolute Gasteiger partial charge is 0.0651 e. The van der Waals surface area contributed by atoms with Gasteiger partial charge in [-0.1, -0.05) is 122 Å². The van der Waals surface area contributed by atoms with E-state index in [1.807, 2.05) is 0 Å². The van der Waals surface area contributed by atoms with Crippen molar-refractivity contribution in [1.29, 1.82) is 0 Å². The molecule has 0 saturated heterocycles. The van der Waals surface area contributed by atoms with Gasteiger partial charge in [-0.25, -0.2) is 0 Å². The Bertz CT molecular complexity index is 1280. The minimum absolute atomic E-state index is 0.0309. The zero-order valence-electron chi connectivity index (χ0n) is 20.4. The Hall–Kier alpha value is -2.64. The molecule has 0 N–H and O–H groups in total. The number of hydrogen-bond donors (Lipinski definition) is 0. The molecule has 0 aromatic heterocycles. The lowest BCUT2D eigenvalue weighted by Crippen LogP contribution is -2.15. The van der Waals surface area contributed by atoms with Gasteiger partial charge in [0.1, 0.15) is 0 Å². The standard InChI is InChI=1S/C33H33Br/c1-4-7-23-10-15-25(16-11-23)28(20-14-24-12-18-27(34)19-13-24)26-17-21-30-29-8-5-6-9-31(29)33(2,3)32(30)22-26/h5-6,8-13,15-19,21-22,28H,4,7,14,20H2,1-3H3. The van der Waals surface area contributed by atoms with Gasteiger partial charge in [-0.2, -0.15) is 0 Å². The maximum Gasteiger partial charge on any atom is 0.0175 e. The van der Waals surface area contributed by atoms with Crippen LogP contribution < -0.4 is 0 Å². The van der Waals surface area contributed by atoms with Crippen molar-refractivity contribution in [2.75, 3.05) is 0 Å². The van der Waals surface area contributed by atoms with Crippen LogP contribution in [0.5, 0.6) is 0 Å². The minimum Gasteiger partial charge on any atom is -0.0651 e. The fraction of sp³-hybridized carbons (Fsp3) is 0.273. The average Bonchev–Trinajstić information content (AvgIpc) is 3.08. The van der Waals surface area contributed by atoms with Gasteiger partial charge in [0.25, 0.3) is 0 Å². The summed E-state index contributed by atoms with van der Waals surface area (Å²) < 4.78 is 1.14. The third kappa shape index (κ3) is 4.39. The quantitative estimate of drug-likeness (QED) is 0.233. The van der Waals surface area contributed by atoms with Crippen molar-refractivity contribution in [1.82, 2.24) is 0 Å². The van der Waals surface area contributed by atoms with E-state index >= 15 is 0 Å². The van der Waals surface area contributed by atoms with Crippen molar-refractivity contribution in [3.63, 3.8) is 0 Å². The second kappa shape index (κ2) is 9.55. The number of benzene rings is 4. The van der Waals surface area contributed by atoms with Crippen molar-refractivity contribution in [2.45, 2.75) is 57.8 Å². The monoisotopic (exact) mass is 508 g/mol. The van der Waals surface area contributed by atoms with Gasteiger partial charge in [-0.3, -0.25) is 0 Å². The van der Waals surface area contributed by atoms with E-state index in [4.69, 9.17) is 0 Å². The second-order valence-electron chi connectivity index (χ2n) is 10.2. The summed E-state index contributed by atoms with van der Waals surface area (Å²) in [4.78, 5) is 0. The van der Waals surface area contributed by atoms with Crippen molar-refractivity contribution in [2.24, 2.45) is 0 Å². The number of fused-ring (bicyclic) bond motifs is 3. The van der Waals surface area contributed by atoms with Crippen LogP contribution in [0.25, 0.3) is 11.1 Å². The van der Waals surface area contributed by atoms with Crippen molar-refractivity contribution in [3.05, 3.63) is 129 Å². The van der Waals surface area contributed by atoms with Crippen LogP contribution in [0.4, 0.5) is 0 Å². The van der Waals surface area contributed by atoms with Gasteiger partial charge in [0.05, 0.1) is 0 Å². The number of rotatable bonds is 7. The lowest BCUT2D eigenvalue weighted by molar-refractivity contribution is 0.654. The molecule has 0 nitrogen and oxygen atoms in total. The van der Waals surface area contributed by atoms with Crippen LogP contribution in [0.2, 0.25) is 0 Å². The smallest absolute Gasteiger partial charge is 0.0175 e. The summed E-state index contributed by atoms with van der Waals surface area (Å²) in [6.45, 7) is 6.99. The number of hydrogen-bond acceptors (Lipinski definition) is 0. The molecule has 0 saturated carbocycles. The fourth-order valence-corrected chi connectivity index (χ4v) is 5.90. The Kier molecular flexibility index (Phi) is 6.49. The lowest BCUT2D eigenvalue weighted by Gasteiger charge is -2.24. The molecule has 1 heteroatoms. The Morgan fingerprint density at radius 1 is 0.676 bits per heavy atom. The van der Waals surface area contributed by atoms with Crippen molar-refractivity contribution < 1.29 is 0 Å². The van der Waals surface area contributed by atoms with Crippen LogP contribution in [-0.4, -0.2) is 0 Å². The predicted molar refractivity (Wildman–Crippen MR) is 149 cm³/mol. The molecule has 0 heterocycles. The summed E-state index contributed by atoms with van der Waals surface area (Å²) in [7, 11) is 0. The van der Waals surface area contributed by atoms with E-state index in [2.05, 4.69) is 128 Å². The van der Waals surface area contributed by atoms with Gasteiger partial charge in [0, 0.05) is 15.8 Å². The molecule has 1 aliphatic carbocycles. The maximum atomic E-state index is 3.57. The van der Waals surface area contributed by atoms with Gasteiger partial charge in [-0.15, -0.1) is 0 Å². The van der Waals surface area contributed by atoms with E-state index < -0.39 is 0 Å². The summed E-state index contributed by atoms with van der Waals surface area (Å²) in [5, 5.41) is 0. The summed E-state index contributed by atoms with van der Waals surface area (Å²) in [5.74, 6) is 0.379. The lowest BCUT2D eigenvalue weighted by atomic mass is 9.79. The molecule has 0 fully saturated rings. The van der Waals surface area contributed by atoms with E-state index in [1.165, 1.54) is 50.9 Å². The molecule has 34 heavy (non-hydrogen) atoms. The first-order chi connectivity index (χ1) is 16.5. The van der Waals surface area contributed by atoms with Crippen LogP contribution >= 0.6 is 15.9 Å². The Morgan fingerprint density at radius 2 is 1.29 bits per heavy atom. The maximum absolute atomic E-state index is 3.57. The topological polar surface area (TPSA) is 0 Å². The molecule has 0 spiro atoms. The van der Waals surface area contributed by atoms with E-state index in [0.29, 0.717) is 5.92 Å². The summed E-state index contributed by atoms with van der Waals surface area (Å²) in [6.07, 6.45) is 4.50. The van der Waals surface area contributed by atoms with E-state index in [0.717, 1.165) is 23.7 Å². The minimum atomic E-state index is 0.0309. The number of aryl methyl sites for hydroxylation is 2. The molecule has 4 aromatic rings. The van der Waals surface area contributed by atoms with Crippen LogP contribution in [0, 0.1) is 0 Å². The third-order valence-corrected chi connectivity index (χ3v) is 8.09. The average molecular weight is 510 g/mol. The van der Waals surface area contributed by atoms with Crippen LogP contribution in [0.1, 0.15) is 72.9 Å². The van der Waals surface area contributed by atoms with Gasteiger partial charge in [0.15, 0.2) is 0 Å². The summed E-state index contributed by atoms with van der Waals surface area (Å²) in [6, 6.07) is 34.3. The van der Waals surface area contributed by atoms with Crippen LogP contribution in [-0.2, 0) is 18.3 Å².